The summed E-state index contributed by atoms with van der Waals surface area (Å²) in [6.07, 6.45) is 3.36. The molecule has 1 amide bonds. The van der Waals surface area contributed by atoms with Crippen LogP contribution < -0.4 is 5.32 Å². The van der Waals surface area contributed by atoms with Crippen molar-refractivity contribution in [3.63, 3.8) is 0 Å². The van der Waals surface area contributed by atoms with Crippen LogP contribution in [0.15, 0.2) is 23.8 Å². The number of carbonyl (C=O) groups is 2. The van der Waals surface area contributed by atoms with Gasteiger partial charge in [0.05, 0.1) is 16.9 Å². The minimum absolute atomic E-state index is 0.0348. The van der Waals surface area contributed by atoms with Crippen molar-refractivity contribution in [1.29, 1.82) is 0 Å². The Kier molecular flexibility index (Phi) is 5.49. The molecule has 1 aromatic heterocycles. The number of hydrogen-bond acceptors (Lipinski definition) is 5. The number of nitrogens with one attached hydrogen (secondary N) is 1. The number of aromatic nitrogens is 1. The van der Waals surface area contributed by atoms with E-state index in [2.05, 4.69) is 10.3 Å². The molecule has 1 aromatic rings. The van der Waals surface area contributed by atoms with Crippen molar-refractivity contribution >= 4 is 24.9 Å². The molecule has 0 aromatic carbocycles. The van der Waals surface area contributed by atoms with Crippen LogP contribution in [0.4, 0.5) is 0 Å². The van der Waals surface area contributed by atoms with Crippen molar-refractivity contribution in [2.45, 2.75) is 52.7 Å². The number of amides is 1. The third-order valence-electron chi connectivity index (χ3n) is 4.62. The maximum absolute atomic E-state index is 11.4. The molecule has 0 unspecified atom stereocenters. The number of ketones is 1. The molecule has 2 rings (SSSR count). The lowest BCUT2D eigenvalue weighted by Crippen LogP contribution is -2.41. The summed E-state index contributed by atoms with van der Waals surface area (Å²) < 4.78 is 12.1. The lowest BCUT2D eigenvalue weighted by Gasteiger charge is -2.32. The van der Waals surface area contributed by atoms with E-state index in [-0.39, 0.29) is 11.7 Å². The normalized spacial score (nSPS) is 19.0. The molecule has 0 radical (unpaired) electrons. The van der Waals surface area contributed by atoms with Crippen LogP contribution in [0.1, 0.15) is 57.6 Å². The zero-order valence-electron chi connectivity index (χ0n) is 15.7. The third-order valence-corrected chi connectivity index (χ3v) is 4.62. The quantitative estimate of drug-likeness (QED) is 0.656. The molecule has 1 fully saturated rings. The molecule has 1 saturated heterocycles. The number of carbonyl (C=O) groups excluding carboxylic acids is 2. The molecule has 0 bridgehead atoms. The Hall–Kier alpha value is -1.99. The summed E-state index contributed by atoms with van der Waals surface area (Å²) >= 11 is 0. The summed E-state index contributed by atoms with van der Waals surface area (Å²) in [4.78, 5) is 27.0. The van der Waals surface area contributed by atoms with Crippen molar-refractivity contribution in [2.75, 3.05) is 6.54 Å². The van der Waals surface area contributed by atoms with Gasteiger partial charge in [-0.25, -0.2) is 0 Å². The van der Waals surface area contributed by atoms with E-state index in [1.807, 2.05) is 33.8 Å². The Labute approximate surface area is 149 Å². The molecule has 0 aliphatic carbocycles. The second-order valence-corrected chi connectivity index (χ2v) is 7.25. The molecule has 1 aliphatic rings. The summed E-state index contributed by atoms with van der Waals surface area (Å²) in [5.74, 6) is -0.172. The highest BCUT2D eigenvalue weighted by atomic mass is 16.7. The van der Waals surface area contributed by atoms with Gasteiger partial charge in [-0.05, 0) is 58.3 Å². The molecule has 1 N–H and O–H groups in total. The standard InChI is InChI=1S/C18H25BN2O4/c1-12(22)14-7-8-16(21-10-14)9-15(11-20-13(2)23)19-24-17(3,4)18(5,6)25-19/h7-10H,11H2,1-6H3,(H,20,23). The van der Waals surface area contributed by atoms with Gasteiger partial charge < -0.3 is 14.6 Å². The van der Waals surface area contributed by atoms with Crippen molar-refractivity contribution in [3.8, 4) is 0 Å². The zero-order chi connectivity index (χ0) is 18.8. The summed E-state index contributed by atoms with van der Waals surface area (Å²) in [5, 5.41) is 2.78. The highest BCUT2D eigenvalue weighted by molar-refractivity contribution is 6.56. The topological polar surface area (TPSA) is 77.5 Å². The van der Waals surface area contributed by atoms with E-state index in [0.29, 0.717) is 17.8 Å². The first-order chi connectivity index (χ1) is 11.5. The van der Waals surface area contributed by atoms with Crippen molar-refractivity contribution in [1.82, 2.24) is 10.3 Å². The van der Waals surface area contributed by atoms with E-state index in [1.54, 1.807) is 12.1 Å². The van der Waals surface area contributed by atoms with Gasteiger partial charge in [-0.15, -0.1) is 0 Å². The number of Topliss-reactive ketones (excluding diaryl/α,β-unsaturated/α-hetero) is 1. The molecule has 2 heterocycles. The third kappa shape index (κ3) is 4.55. The summed E-state index contributed by atoms with van der Waals surface area (Å²) in [6, 6.07) is 3.48. The summed E-state index contributed by atoms with van der Waals surface area (Å²) in [5.41, 5.74) is 1.03. The first-order valence-electron chi connectivity index (χ1n) is 8.29. The Bertz CT molecular complexity index is 680. The van der Waals surface area contributed by atoms with Crippen LogP contribution in [0, 0.1) is 0 Å². The van der Waals surface area contributed by atoms with Gasteiger partial charge in [0.2, 0.25) is 5.91 Å². The predicted octanol–water partition coefficient (Wildman–Crippen LogP) is 2.44. The average Bonchev–Trinajstić information content (AvgIpc) is 2.72. The minimum atomic E-state index is -0.578. The molecule has 6 nitrogen and oxygen atoms in total. The van der Waals surface area contributed by atoms with Crippen LogP contribution in [0.5, 0.6) is 0 Å². The van der Waals surface area contributed by atoms with E-state index < -0.39 is 18.3 Å². The lowest BCUT2D eigenvalue weighted by molar-refractivity contribution is -0.118. The van der Waals surface area contributed by atoms with E-state index in [0.717, 1.165) is 5.47 Å². The Morgan fingerprint density at radius 2 is 1.76 bits per heavy atom. The smallest absolute Gasteiger partial charge is 0.400 e. The second-order valence-electron chi connectivity index (χ2n) is 7.25. The monoisotopic (exact) mass is 344 g/mol. The number of rotatable bonds is 5. The van der Waals surface area contributed by atoms with Gasteiger partial charge in [-0.3, -0.25) is 14.6 Å². The largest absolute Gasteiger partial charge is 0.492 e. The average molecular weight is 344 g/mol. The second kappa shape index (κ2) is 7.10. The maximum atomic E-state index is 11.4. The molecule has 0 saturated carbocycles. The van der Waals surface area contributed by atoms with Gasteiger partial charge in [-0.2, -0.15) is 0 Å². The van der Waals surface area contributed by atoms with Crippen molar-refractivity contribution in [2.24, 2.45) is 0 Å². The van der Waals surface area contributed by atoms with Crippen LogP contribution in [-0.4, -0.2) is 41.5 Å². The molecule has 1 aliphatic heterocycles. The summed E-state index contributed by atoms with van der Waals surface area (Å²) in [7, 11) is -0.578. The predicted molar refractivity (Wildman–Crippen MR) is 97.0 cm³/mol. The first kappa shape index (κ1) is 19.3. The fourth-order valence-electron chi connectivity index (χ4n) is 2.31. The number of hydrogen-bond donors (Lipinski definition) is 1. The van der Waals surface area contributed by atoms with Crippen LogP contribution >= 0.6 is 0 Å². The van der Waals surface area contributed by atoms with Crippen LogP contribution in [0.2, 0.25) is 0 Å². The van der Waals surface area contributed by atoms with Crippen LogP contribution in [0.3, 0.4) is 0 Å². The lowest BCUT2D eigenvalue weighted by atomic mass is 9.77. The van der Waals surface area contributed by atoms with E-state index >= 15 is 0 Å². The molecule has 0 spiro atoms. The Balaban J connectivity index is 2.29. The number of nitrogens with zero attached hydrogens (tertiary/aromatic N) is 1. The highest BCUT2D eigenvalue weighted by Gasteiger charge is 2.52. The molecule has 0 atom stereocenters. The van der Waals surface area contributed by atoms with Gasteiger partial charge in [0.15, 0.2) is 5.78 Å². The maximum Gasteiger partial charge on any atom is 0.492 e. The van der Waals surface area contributed by atoms with E-state index in [1.165, 1.54) is 20.0 Å². The van der Waals surface area contributed by atoms with E-state index in [4.69, 9.17) is 9.31 Å². The van der Waals surface area contributed by atoms with E-state index in [9.17, 15) is 9.59 Å². The van der Waals surface area contributed by atoms with Gasteiger partial charge in [0.1, 0.15) is 0 Å². The molecule has 25 heavy (non-hydrogen) atoms. The minimum Gasteiger partial charge on any atom is -0.400 e. The highest BCUT2D eigenvalue weighted by Crippen LogP contribution is 2.38. The van der Waals surface area contributed by atoms with Gasteiger partial charge >= 0.3 is 7.12 Å². The van der Waals surface area contributed by atoms with Crippen molar-refractivity contribution in [3.05, 3.63) is 35.1 Å². The fourth-order valence-corrected chi connectivity index (χ4v) is 2.31. The van der Waals surface area contributed by atoms with Crippen LogP contribution in [0.25, 0.3) is 6.08 Å². The number of pyridine rings is 1. The Morgan fingerprint density at radius 3 is 2.20 bits per heavy atom. The fraction of sp³-hybridized carbons (Fsp3) is 0.500. The van der Waals surface area contributed by atoms with Gasteiger partial charge in [0.25, 0.3) is 0 Å². The molecule has 134 valence electrons. The van der Waals surface area contributed by atoms with Gasteiger partial charge in [0, 0.05) is 25.2 Å². The Morgan fingerprint density at radius 1 is 1.16 bits per heavy atom. The zero-order valence-corrected chi connectivity index (χ0v) is 15.7. The summed E-state index contributed by atoms with van der Waals surface area (Å²) in [6.45, 7) is 11.2. The molecule has 7 heteroatoms. The first-order valence-corrected chi connectivity index (χ1v) is 8.29. The molecular formula is C18H25BN2O4. The van der Waals surface area contributed by atoms with Crippen molar-refractivity contribution < 1.29 is 18.9 Å². The molecular weight excluding hydrogens is 319 g/mol. The van der Waals surface area contributed by atoms with Gasteiger partial charge in [-0.1, -0.05) is 0 Å². The van der Waals surface area contributed by atoms with Crippen LogP contribution in [-0.2, 0) is 14.1 Å². The SMILES string of the molecule is CC(=O)NCC(=Cc1ccc(C(C)=O)cn1)B1OC(C)(C)C(C)(C)O1.